The molecule has 18 heteroatoms. The van der Waals surface area contributed by atoms with Crippen molar-refractivity contribution in [2.75, 3.05) is 39.7 Å². The highest BCUT2D eigenvalue weighted by atomic mass is 32.2. The molecule has 0 bridgehead atoms. The topological polar surface area (TPSA) is 198 Å². The van der Waals surface area contributed by atoms with Crippen LogP contribution in [0.3, 0.4) is 0 Å². The molecule has 1 aliphatic heterocycles. The maximum atomic E-state index is 14.1. The molecule has 1 saturated heterocycles. The summed E-state index contributed by atoms with van der Waals surface area (Å²) in [5.41, 5.74) is 8.56. The predicted octanol–water partition coefficient (Wildman–Crippen LogP) is 4.22. The van der Waals surface area contributed by atoms with Crippen LogP contribution in [-0.2, 0) is 32.7 Å². The van der Waals surface area contributed by atoms with Gasteiger partial charge in [-0.05, 0) is 91.6 Å². The number of piperidine rings is 1. The maximum absolute atomic E-state index is 14.1. The molecule has 3 amide bonds. The van der Waals surface area contributed by atoms with Gasteiger partial charge in [-0.15, -0.1) is 0 Å². The molecule has 0 aromatic heterocycles. The minimum atomic E-state index is -5.19. The summed E-state index contributed by atoms with van der Waals surface area (Å²) in [5.74, 6) is -2.13. The number of anilines is 1. The quantitative estimate of drug-likeness (QED) is 0.137. The number of likely N-dealkylation sites (N-methyl/N-ethyl adjacent to an activating group) is 1. The molecule has 306 valence electrons. The van der Waals surface area contributed by atoms with Gasteiger partial charge in [-0.1, -0.05) is 30.3 Å². The van der Waals surface area contributed by atoms with Gasteiger partial charge in [-0.2, -0.15) is 21.6 Å². The number of likely N-dealkylation sites (tertiary alicyclic amines) is 1. The second kappa shape index (κ2) is 18.9. The van der Waals surface area contributed by atoms with Gasteiger partial charge in [0.15, 0.2) is 11.5 Å². The van der Waals surface area contributed by atoms with Crippen molar-refractivity contribution < 1.29 is 64.3 Å². The van der Waals surface area contributed by atoms with E-state index in [1.165, 1.54) is 53.4 Å². The number of carbonyl (C=O) groups is 3. The molecule has 57 heavy (non-hydrogen) atoms. The summed E-state index contributed by atoms with van der Waals surface area (Å²) in [4.78, 5) is 38.1. The number of carboxylic acids is 1. The van der Waals surface area contributed by atoms with E-state index in [2.05, 4.69) is 12.4 Å². The first-order chi connectivity index (χ1) is 26.8. The number of imide groups is 1. The zero-order valence-electron chi connectivity index (χ0n) is 31.3. The number of aromatic hydroxyl groups is 1. The Morgan fingerprint density at radius 2 is 1.54 bits per heavy atom. The van der Waals surface area contributed by atoms with Gasteiger partial charge in [0.1, 0.15) is 35.5 Å². The molecule has 0 radical (unpaired) electrons. The number of rotatable bonds is 12. The maximum Gasteiger partial charge on any atom is 0.430 e. The summed E-state index contributed by atoms with van der Waals surface area (Å²) in [5, 5.41) is 21.3. The summed E-state index contributed by atoms with van der Waals surface area (Å²) in [6.07, 6.45) is -3.68. The van der Waals surface area contributed by atoms with Crippen LogP contribution in [-0.4, -0.2) is 93.4 Å². The van der Waals surface area contributed by atoms with E-state index in [0.29, 0.717) is 41.2 Å². The van der Waals surface area contributed by atoms with Crippen LogP contribution in [0.15, 0.2) is 102 Å². The van der Waals surface area contributed by atoms with E-state index in [4.69, 9.17) is 29.3 Å². The highest BCUT2D eigenvalue weighted by Gasteiger charge is 2.41. The Kier molecular flexibility index (Phi) is 14.5. The number of carboxylic acid groups (broad SMARTS) is 1. The Balaban J connectivity index is 0.000000940. The number of amides is 3. The molecule has 0 saturated carbocycles. The molecule has 0 spiro atoms. The molecule has 0 aliphatic carbocycles. The highest BCUT2D eigenvalue weighted by Crippen LogP contribution is 2.31. The fraction of sp³-hybridized carbons (Fsp3) is 0.308. The number of quaternary nitrogens is 1. The number of urea groups is 1. The summed E-state index contributed by atoms with van der Waals surface area (Å²) < 4.78 is 73.6. The molecule has 1 fully saturated rings. The summed E-state index contributed by atoms with van der Waals surface area (Å²) in [7, 11) is 1.22. The first kappa shape index (κ1) is 43.9. The number of benzene rings is 4. The smallest absolute Gasteiger partial charge is 0.430 e. The Bertz CT molecular complexity index is 2110. The number of nitrogens with zero attached hydrogens (tertiary/aromatic N) is 2. The van der Waals surface area contributed by atoms with Crippen molar-refractivity contribution in [2.24, 2.45) is 5.73 Å². The number of aliphatic carboxylic acids is 1. The summed E-state index contributed by atoms with van der Waals surface area (Å²) in [6, 6.07) is 23.7. The van der Waals surface area contributed by atoms with E-state index in [1.807, 2.05) is 18.2 Å². The van der Waals surface area contributed by atoms with E-state index in [0.717, 1.165) is 24.1 Å². The lowest BCUT2D eigenvalue weighted by Gasteiger charge is -2.44. The number of phenolic OH excluding ortho intramolecular Hbond substituents is 1. The number of carbonyl (C=O) groups excluding carboxylic acids is 3. The van der Waals surface area contributed by atoms with Gasteiger partial charge < -0.3 is 44.2 Å². The predicted molar refractivity (Wildman–Crippen MR) is 200 cm³/mol. The van der Waals surface area contributed by atoms with Gasteiger partial charge in [0, 0.05) is 11.3 Å². The minimum Gasteiger partial charge on any atom is -0.542 e. The monoisotopic (exact) mass is 816 g/mol. The Labute approximate surface area is 327 Å². The van der Waals surface area contributed by atoms with Crippen LogP contribution in [0, 0.1) is 0 Å². The van der Waals surface area contributed by atoms with Gasteiger partial charge in [0.25, 0.3) is 0 Å². The number of phenols is 1. The van der Waals surface area contributed by atoms with Crippen LogP contribution in [0.5, 0.6) is 23.0 Å². The average Bonchev–Trinajstić information content (AvgIpc) is 3.16. The Morgan fingerprint density at radius 3 is 2.12 bits per heavy atom. The highest BCUT2D eigenvalue weighted by molar-refractivity contribution is 7.87. The van der Waals surface area contributed by atoms with Gasteiger partial charge >= 0.3 is 22.3 Å². The molecule has 1 heterocycles. The van der Waals surface area contributed by atoms with Gasteiger partial charge in [0.05, 0.1) is 39.9 Å². The molecule has 1 aliphatic rings. The van der Waals surface area contributed by atoms with Crippen LogP contribution in [0.2, 0.25) is 0 Å². The summed E-state index contributed by atoms with van der Waals surface area (Å²) >= 11 is 0. The van der Waals surface area contributed by atoms with Gasteiger partial charge in [-0.3, -0.25) is 9.69 Å². The fourth-order valence-corrected chi connectivity index (χ4v) is 7.26. The van der Waals surface area contributed by atoms with Crippen molar-refractivity contribution >= 4 is 33.7 Å². The van der Waals surface area contributed by atoms with Gasteiger partial charge in [0.2, 0.25) is 5.91 Å². The molecular weight excluding hydrogens is 774 g/mol. The number of nitrogens with one attached hydrogen (secondary N) is 1. The number of halogens is 3. The molecule has 5 rings (SSSR count). The number of methoxy groups -OCH3 is 2. The third kappa shape index (κ3) is 12.3. The normalized spacial score (nSPS) is 17.2. The number of alkyl halides is 3. The first-order valence-electron chi connectivity index (χ1n) is 17.4. The van der Waals surface area contributed by atoms with Gasteiger partial charge in [-0.25, -0.2) is 4.79 Å². The molecule has 1 unspecified atom stereocenters. The lowest BCUT2D eigenvalue weighted by atomic mass is 9.98. The van der Waals surface area contributed by atoms with Crippen molar-refractivity contribution in [1.29, 1.82) is 0 Å². The third-order valence-corrected chi connectivity index (χ3v) is 10.3. The summed E-state index contributed by atoms with van der Waals surface area (Å²) in [6.45, 7) is 1.96. The standard InChI is InChI=1S/C37H42N4O8S.C2HF3O2/c1-41(24-27-13-20-34(47-2)35(23-27)48-3)21-7-8-29(25-41)40(36(43)33(38)22-26-11-16-30(42)17-12-26)37(44)39-28-14-18-31(19-15-28)49-50(45,46)32-9-5-4-6-10-32;3-2(4,5)1(6)7/h4-6,9-20,23,29,33H,7-8,21-22,24-25,38H2,1-3H3,(H-,39,42,44);(H,6,7)/t29-,33-,41?;/m0./s1. The van der Waals surface area contributed by atoms with Crippen molar-refractivity contribution in [3.05, 3.63) is 108 Å². The lowest BCUT2D eigenvalue weighted by Crippen LogP contribution is -2.62. The van der Waals surface area contributed by atoms with Crippen molar-refractivity contribution in [2.45, 2.75) is 49.0 Å². The Hall–Kier alpha value is -5.85. The van der Waals surface area contributed by atoms with Crippen LogP contribution < -0.4 is 29.8 Å². The minimum absolute atomic E-state index is 0.0131. The second-order valence-electron chi connectivity index (χ2n) is 13.4. The number of ether oxygens (including phenoxy) is 2. The first-order valence-corrected chi connectivity index (χ1v) is 18.8. The fourth-order valence-electron chi connectivity index (χ4n) is 6.31. The van der Waals surface area contributed by atoms with Crippen LogP contribution in [0.4, 0.5) is 23.7 Å². The molecular formula is C39H43F3N4O10S. The van der Waals surface area contributed by atoms with Crippen molar-refractivity contribution in [3.8, 4) is 23.0 Å². The molecule has 4 aromatic rings. The largest absolute Gasteiger partial charge is 0.542 e. The van der Waals surface area contributed by atoms with Crippen LogP contribution in [0.25, 0.3) is 0 Å². The average molecular weight is 817 g/mol. The van der Waals surface area contributed by atoms with E-state index in [-0.39, 0.29) is 22.8 Å². The zero-order chi connectivity index (χ0) is 42.0. The third-order valence-electron chi connectivity index (χ3n) is 9.00. The van der Waals surface area contributed by atoms with Crippen molar-refractivity contribution in [3.63, 3.8) is 0 Å². The van der Waals surface area contributed by atoms with E-state index in [9.17, 15) is 36.3 Å². The van der Waals surface area contributed by atoms with E-state index >= 15 is 0 Å². The van der Waals surface area contributed by atoms with Crippen molar-refractivity contribution in [1.82, 2.24) is 4.90 Å². The van der Waals surface area contributed by atoms with Crippen LogP contribution in [0.1, 0.15) is 24.0 Å². The molecule has 3 atom stereocenters. The number of hydrogen-bond donors (Lipinski definition) is 3. The number of hydrogen-bond acceptors (Lipinski definition) is 11. The number of nitrogens with two attached hydrogens (primary N) is 1. The second-order valence-corrected chi connectivity index (χ2v) is 15.0. The molecule has 4 N–H and O–H groups in total. The molecule has 14 nitrogen and oxygen atoms in total. The molecule has 4 aromatic carbocycles. The van der Waals surface area contributed by atoms with E-state index in [1.54, 1.807) is 44.6 Å². The zero-order valence-corrected chi connectivity index (χ0v) is 32.1. The van der Waals surface area contributed by atoms with Crippen LogP contribution >= 0.6 is 0 Å². The lowest BCUT2D eigenvalue weighted by molar-refractivity contribution is -0.928. The Morgan fingerprint density at radius 1 is 0.947 bits per heavy atom. The SMILES string of the molecule is COc1ccc(C[N+]2(C)CCC[C@H](N(C(=O)Nc3ccc(OS(=O)(=O)c4ccccc4)cc3)C(=O)[C@@H](N)Cc3ccc(O)cc3)C2)cc1OC.O=C([O-])C(F)(F)F. The van der Waals surface area contributed by atoms with E-state index < -0.39 is 46.3 Å².